The number of aryl methyl sites for hydroxylation is 2. The smallest absolute Gasteiger partial charge is 0.256 e. The Morgan fingerprint density at radius 2 is 2.35 bits per heavy atom. The number of amides is 1. The molecule has 2 aromatic rings. The van der Waals surface area contributed by atoms with Gasteiger partial charge in [-0.2, -0.15) is 0 Å². The molecule has 2 heterocycles. The molecule has 0 aliphatic rings. The molecule has 7 heteroatoms. The normalized spacial score (nSPS) is 10.5. The first-order valence-electron chi connectivity index (χ1n) is 5.23. The summed E-state index contributed by atoms with van der Waals surface area (Å²) in [5.41, 5.74) is 1.31. The van der Waals surface area contributed by atoms with E-state index in [1.165, 1.54) is 6.20 Å². The summed E-state index contributed by atoms with van der Waals surface area (Å²) in [5, 5.41) is 14.0. The Labute approximate surface area is 97.8 Å². The van der Waals surface area contributed by atoms with Gasteiger partial charge in [0.15, 0.2) is 0 Å². The minimum Gasteiger partial charge on any atom is -0.361 e. The lowest BCUT2D eigenvalue weighted by molar-refractivity contribution is 0.0950. The predicted molar refractivity (Wildman–Crippen MR) is 58.3 cm³/mol. The van der Waals surface area contributed by atoms with Crippen molar-refractivity contribution in [3.8, 4) is 0 Å². The summed E-state index contributed by atoms with van der Waals surface area (Å²) in [4.78, 5) is 11.7. The molecule has 0 fully saturated rings. The third-order valence-electron chi connectivity index (χ3n) is 2.28. The van der Waals surface area contributed by atoms with Crippen LogP contribution in [0.2, 0.25) is 0 Å². The van der Waals surface area contributed by atoms with Crippen LogP contribution in [0.5, 0.6) is 0 Å². The van der Waals surface area contributed by atoms with E-state index in [1.54, 1.807) is 11.6 Å². The third-order valence-corrected chi connectivity index (χ3v) is 2.28. The van der Waals surface area contributed by atoms with Crippen molar-refractivity contribution in [3.63, 3.8) is 0 Å². The molecule has 0 spiro atoms. The highest BCUT2D eigenvalue weighted by atomic mass is 16.5. The number of nitrogens with zero attached hydrogens (tertiary/aromatic N) is 4. The number of hydrogen-bond donors (Lipinski definition) is 1. The number of hydrogen-bond acceptors (Lipinski definition) is 5. The lowest BCUT2D eigenvalue weighted by Crippen LogP contribution is -2.27. The Morgan fingerprint density at radius 1 is 1.53 bits per heavy atom. The first-order valence-corrected chi connectivity index (χ1v) is 5.23. The molecule has 0 aliphatic carbocycles. The largest absolute Gasteiger partial charge is 0.361 e. The van der Waals surface area contributed by atoms with Crippen molar-refractivity contribution in [3.05, 3.63) is 29.4 Å². The van der Waals surface area contributed by atoms with Crippen molar-refractivity contribution in [2.75, 3.05) is 6.54 Å². The van der Waals surface area contributed by atoms with Crippen LogP contribution in [-0.2, 0) is 6.54 Å². The van der Waals surface area contributed by atoms with Crippen molar-refractivity contribution >= 4 is 5.91 Å². The van der Waals surface area contributed by atoms with Crippen molar-refractivity contribution in [1.29, 1.82) is 0 Å². The molecule has 7 nitrogen and oxygen atoms in total. The van der Waals surface area contributed by atoms with Crippen molar-refractivity contribution in [2.24, 2.45) is 0 Å². The summed E-state index contributed by atoms with van der Waals surface area (Å²) in [6, 6.07) is 0. The van der Waals surface area contributed by atoms with Crippen molar-refractivity contribution in [2.45, 2.75) is 20.4 Å². The van der Waals surface area contributed by atoms with Crippen LogP contribution in [0.1, 0.15) is 21.8 Å². The number of rotatable bonds is 4. The van der Waals surface area contributed by atoms with Crippen LogP contribution < -0.4 is 5.32 Å². The van der Waals surface area contributed by atoms with Crippen LogP contribution in [0.25, 0.3) is 0 Å². The molecule has 0 saturated heterocycles. The molecule has 90 valence electrons. The van der Waals surface area contributed by atoms with Gasteiger partial charge in [0.25, 0.3) is 5.91 Å². The topological polar surface area (TPSA) is 85.8 Å². The van der Waals surface area contributed by atoms with Crippen molar-refractivity contribution < 1.29 is 9.32 Å². The standard InChI is InChI=1S/C10H13N5O2/c1-7-6-15(14-13-7)4-3-11-10(16)9-5-12-17-8(9)2/h5-6H,3-4H2,1-2H3,(H,11,16). The molecule has 2 aromatic heterocycles. The Hall–Kier alpha value is -2.18. The molecule has 17 heavy (non-hydrogen) atoms. The Bertz CT molecular complexity index is 516. The molecule has 0 unspecified atom stereocenters. The van der Waals surface area contributed by atoms with E-state index in [0.717, 1.165) is 5.69 Å². The number of nitrogens with one attached hydrogen (secondary N) is 1. The van der Waals surface area contributed by atoms with Crippen LogP contribution in [-0.4, -0.2) is 32.6 Å². The highest BCUT2D eigenvalue weighted by Crippen LogP contribution is 2.04. The Kier molecular flexibility index (Phi) is 3.17. The number of carbonyl (C=O) groups excluding carboxylic acids is 1. The molecule has 0 bridgehead atoms. The van der Waals surface area contributed by atoms with Gasteiger partial charge in [-0.05, 0) is 13.8 Å². The zero-order valence-corrected chi connectivity index (χ0v) is 9.67. The fourth-order valence-corrected chi connectivity index (χ4v) is 1.40. The van der Waals surface area contributed by atoms with Gasteiger partial charge in [-0.1, -0.05) is 10.4 Å². The zero-order valence-electron chi connectivity index (χ0n) is 9.67. The highest BCUT2D eigenvalue weighted by molar-refractivity contribution is 5.94. The molecule has 2 rings (SSSR count). The first kappa shape index (κ1) is 11.3. The van der Waals surface area contributed by atoms with Gasteiger partial charge in [-0.25, -0.2) is 0 Å². The molecule has 0 saturated carbocycles. The van der Waals surface area contributed by atoms with E-state index in [9.17, 15) is 4.79 Å². The lowest BCUT2D eigenvalue weighted by atomic mass is 10.2. The molecule has 0 aromatic carbocycles. The van der Waals surface area contributed by atoms with Gasteiger partial charge in [0.05, 0.1) is 18.4 Å². The molecular weight excluding hydrogens is 222 g/mol. The van der Waals surface area contributed by atoms with Crippen LogP contribution in [0.3, 0.4) is 0 Å². The van der Waals surface area contributed by atoms with Gasteiger partial charge in [0.1, 0.15) is 11.3 Å². The van der Waals surface area contributed by atoms with E-state index >= 15 is 0 Å². The SMILES string of the molecule is Cc1cn(CCNC(=O)c2cnoc2C)nn1. The minimum absolute atomic E-state index is 0.194. The minimum atomic E-state index is -0.194. The van der Waals surface area contributed by atoms with Gasteiger partial charge < -0.3 is 9.84 Å². The van der Waals surface area contributed by atoms with E-state index in [2.05, 4.69) is 20.8 Å². The van der Waals surface area contributed by atoms with E-state index in [-0.39, 0.29) is 5.91 Å². The second-order valence-electron chi connectivity index (χ2n) is 3.67. The first-order chi connectivity index (χ1) is 8.16. The third kappa shape index (κ3) is 2.68. The molecule has 1 amide bonds. The summed E-state index contributed by atoms with van der Waals surface area (Å²) in [5.74, 6) is 0.319. The van der Waals surface area contributed by atoms with E-state index in [4.69, 9.17) is 4.52 Å². The van der Waals surface area contributed by atoms with Crippen molar-refractivity contribution in [1.82, 2.24) is 25.5 Å². The summed E-state index contributed by atoms with van der Waals surface area (Å²) in [6.07, 6.45) is 3.22. The van der Waals surface area contributed by atoms with E-state index in [1.807, 2.05) is 13.1 Å². The molecular formula is C10H13N5O2. The number of aromatic nitrogens is 4. The summed E-state index contributed by atoms with van der Waals surface area (Å²) in [7, 11) is 0. The molecule has 0 radical (unpaired) electrons. The predicted octanol–water partition coefficient (Wildman–Crippen LogP) is 0.313. The number of carbonyl (C=O) groups is 1. The zero-order chi connectivity index (χ0) is 12.3. The van der Waals surface area contributed by atoms with Gasteiger partial charge in [-0.15, -0.1) is 5.10 Å². The molecule has 0 aliphatic heterocycles. The van der Waals surface area contributed by atoms with Crippen LogP contribution in [0.15, 0.2) is 16.9 Å². The van der Waals surface area contributed by atoms with E-state index < -0.39 is 0 Å². The summed E-state index contributed by atoms with van der Waals surface area (Å²) in [6.45, 7) is 4.62. The summed E-state index contributed by atoms with van der Waals surface area (Å²) >= 11 is 0. The quantitative estimate of drug-likeness (QED) is 0.824. The average Bonchev–Trinajstić information content (AvgIpc) is 2.87. The maximum absolute atomic E-state index is 11.7. The van der Waals surface area contributed by atoms with Gasteiger partial charge in [0.2, 0.25) is 0 Å². The van der Waals surface area contributed by atoms with Gasteiger partial charge >= 0.3 is 0 Å². The van der Waals surface area contributed by atoms with Crippen LogP contribution in [0, 0.1) is 13.8 Å². The Balaban J connectivity index is 1.83. The van der Waals surface area contributed by atoms with E-state index in [0.29, 0.717) is 24.4 Å². The maximum Gasteiger partial charge on any atom is 0.256 e. The molecule has 1 N–H and O–H groups in total. The van der Waals surface area contributed by atoms with Crippen LogP contribution in [0.4, 0.5) is 0 Å². The second kappa shape index (κ2) is 4.77. The van der Waals surface area contributed by atoms with Crippen LogP contribution >= 0.6 is 0 Å². The summed E-state index contributed by atoms with van der Waals surface area (Å²) < 4.78 is 6.49. The average molecular weight is 235 g/mol. The highest BCUT2D eigenvalue weighted by Gasteiger charge is 2.11. The Morgan fingerprint density at radius 3 is 2.94 bits per heavy atom. The fraction of sp³-hybridized carbons (Fsp3) is 0.400. The van der Waals surface area contributed by atoms with Gasteiger partial charge in [0, 0.05) is 12.7 Å². The second-order valence-corrected chi connectivity index (χ2v) is 3.67. The molecule has 0 atom stereocenters. The van der Waals surface area contributed by atoms with Gasteiger partial charge in [-0.3, -0.25) is 9.48 Å². The maximum atomic E-state index is 11.7. The fourth-order valence-electron chi connectivity index (χ4n) is 1.40. The lowest BCUT2D eigenvalue weighted by Gasteiger charge is -2.03. The monoisotopic (exact) mass is 235 g/mol.